The predicted molar refractivity (Wildman–Crippen MR) is 84.5 cm³/mol. The van der Waals surface area contributed by atoms with Gasteiger partial charge >= 0.3 is 6.03 Å². The molecule has 3 rings (SSSR count). The lowest BCUT2D eigenvalue weighted by molar-refractivity contribution is 0.252. The molecule has 2 aromatic carbocycles. The molecule has 104 valence electrons. The number of benzene rings is 2. The highest BCUT2D eigenvalue weighted by atomic mass is 16.2. The van der Waals surface area contributed by atoms with Gasteiger partial charge in [0.2, 0.25) is 0 Å². The number of fused-ring (bicyclic) bond motifs is 1. The number of nitrogens with one attached hydrogen (secondary N) is 3. The number of carbonyl (C=O) groups excluding carboxylic acids is 1. The molecule has 2 amide bonds. The number of hydrogen-bond donors (Lipinski definition) is 3. The Balaban J connectivity index is 1.63. The topological polar surface area (TPSA) is 69.3 Å². The summed E-state index contributed by atoms with van der Waals surface area (Å²) in [5.41, 5.74) is 5.12. The van der Waals surface area contributed by atoms with Crippen molar-refractivity contribution >= 4 is 28.8 Å². The number of aromatic nitrogens is 1. The highest BCUT2D eigenvalue weighted by Gasteiger charge is 2.01. The van der Waals surface area contributed by atoms with Crippen molar-refractivity contribution in [1.29, 1.82) is 0 Å². The number of urea groups is 1. The highest BCUT2D eigenvalue weighted by Crippen LogP contribution is 2.15. The standard InChI is InChI=1S/C16H14N4O/c21-16(19-13-6-2-1-3-7-13)20-18-11-12-10-17-15-9-5-4-8-14(12)15/h1-11,17H,(H2,19,20,21). The molecule has 0 bridgehead atoms. The van der Waals surface area contributed by atoms with E-state index in [0.29, 0.717) is 0 Å². The zero-order chi connectivity index (χ0) is 14.5. The summed E-state index contributed by atoms with van der Waals surface area (Å²) in [5, 5.41) is 7.70. The first-order chi connectivity index (χ1) is 10.3. The van der Waals surface area contributed by atoms with Gasteiger partial charge in [0.15, 0.2) is 0 Å². The molecule has 0 aliphatic rings. The van der Waals surface area contributed by atoms with Crippen molar-refractivity contribution < 1.29 is 4.79 Å². The molecule has 0 saturated heterocycles. The van der Waals surface area contributed by atoms with Crippen LogP contribution in [0.1, 0.15) is 5.56 Å². The first-order valence-electron chi connectivity index (χ1n) is 6.54. The average molecular weight is 278 g/mol. The fourth-order valence-electron chi connectivity index (χ4n) is 2.04. The zero-order valence-corrected chi connectivity index (χ0v) is 11.2. The summed E-state index contributed by atoms with van der Waals surface area (Å²) in [6.45, 7) is 0. The number of hydrazone groups is 1. The first-order valence-corrected chi connectivity index (χ1v) is 6.54. The average Bonchev–Trinajstić information content (AvgIpc) is 2.92. The van der Waals surface area contributed by atoms with E-state index in [9.17, 15) is 4.79 Å². The number of anilines is 1. The predicted octanol–water partition coefficient (Wildman–Crippen LogP) is 3.32. The lowest BCUT2D eigenvalue weighted by Gasteiger charge is -2.02. The van der Waals surface area contributed by atoms with Crippen molar-refractivity contribution in [1.82, 2.24) is 10.4 Å². The molecule has 0 atom stereocenters. The Hall–Kier alpha value is -3.08. The van der Waals surface area contributed by atoms with E-state index in [4.69, 9.17) is 0 Å². The summed E-state index contributed by atoms with van der Waals surface area (Å²) >= 11 is 0. The molecule has 0 spiro atoms. The number of rotatable bonds is 3. The van der Waals surface area contributed by atoms with E-state index in [2.05, 4.69) is 20.8 Å². The van der Waals surface area contributed by atoms with Crippen LogP contribution in [0.25, 0.3) is 10.9 Å². The SMILES string of the molecule is O=C(NN=Cc1c[nH]c2ccccc12)Nc1ccccc1. The van der Waals surface area contributed by atoms with Crippen molar-refractivity contribution in [2.45, 2.75) is 0 Å². The molecule has 3 N–H and O–H groups in total. The van der Waals surface area contributed by atoms with Gasteiger partial charge in [-0.1, -0.05) is 36.4 Å². The highest BCUT2D eigenvalue weighted by molar-refractivity contribution is 5.99. The van der Waals surface area contributed by atoms with Crippen LogP contribution in [0.2, 0.25) is 0 Å². The molecule has 0 aliphatic carbocycles. The van der Waals surface area contributed by atoms with Gasteiger partial charge in [0.05, 0.1) is 6.21 Å². The number of carbonyl (C=O) groups is 1. The van der Waals surface area contributed by atoms with Crippen LogP contribution in [0.15, 0.2) is 65.9 Å². The van der Waals surface area contributed by atoms with Gasteiger partial charge in [0.25, 0.3) is 0 Å². The van der Waals surface area contributed by atoms with Crippen LogP contribution in [0.5, 0.6) is 0 Å². The summed E-state index contributed by atoms with van der Waals surface area (Å²) < 4.78 is 0. The van der Waals surface area contributed by atoms with Crippen LogP contribution >= 0.6 is 0 Å². The lowest BCUT2D eigenvalue weighted by Crippen LogP contribution is -2.24. The third-order valence-electron chi connectivity index (χ3n) is 3.02. The third-order valence-corrected chi connectivity index (χ3v) is 3.02. The number of para-hydroxylation sites is 2. The normalized spacial score (nSPS) is 10.9. The van der Waals surface area contributed by atoms with Crippen molar-refractivity contribution in [2.24, 2.45) is 5.10 Å². The molecule has 5 nitrogen and oxygen atoms in total. The van der Waals surface area contributed by atoms with Crippen molar-refractivity contribution in [2.75, 3.05) is 5.32 Å². The molecular weight excluding hydrogens is 264 g/mol. The van der Waals surface area contributed by atoms with Gasteiger partial charge in [-0.05, 0) is 18.2 Å². The van der Waals surface area contributed by atoms with E-state index in [1.165, 1.54) is 0 Å². The monoisotopic (exact) mass is 278 g/mol. The fraction of sp³-hybridized carbons (Fsp3) is 0. The van der Waals surface area contributed by atoms with Gasteiger partial charge in [0, 0.05) is 28.4 Å². The van der Waals surface area contributed by atoms with Crippen LogP contribution in [0.4, 0.5) is 10.5 Å². The molecule has 0 radical (unpaired) electrons. The second-order valence-electron chi connectivity index (χ2n) is 4.48. The lowest BCUT2D eigenvalue weighted by atomic mass is 10.2. The van der Waals surface area contributed by atoms with E-state index < -0.39 is 0 Å². The van der Waals surface area contributed by atoms with Gasteiger partial charge in [-0.2, -0.15) is 5.10 Å². The molecule has 0 fully saturated rings. The smallest absolute Gasteiger partial charge is 0.339 e. The number of nitrogens with zero attached hydrogens (tertiary/aromatic N) is 1. The minimum Gasteiger partial charge on any atom is -0.361 e. The van der Waals surface area contributed by atoms with Crippen LogP contribution < -0.4 is 10.7 Å². The summed E-state index contributed by atoms with van der Waals surface area (Å²) in [7, 11) is 0. The minimum atomic E-state index is -0.378. The number of H-pyrrole nitrogens is 1. The number of amides is 2. The Kier molecular flexibility index (Phi) is 3.64. The molecule has 3 aromatic rings. The molecule has 21 heavy (non-hydrogen) atoms. The van der Waals surface area contributed by atoms with Gasteiger partial charge in [-0.3, -0.25) is 0 Å². The molecule has 5 heteroatoms. The van der Waals surface area contributed by atoms with E-state index in [1.807, 2.05) is 60.8 Å². The first kappa shape index (κ1) is 12.9. The summed E-state index contributed by atoms with van der Waals surface area (Å²) in [5.74, 6) is 0. The fourth-order valence-corrected chi connectivity index (χ4v) is 2.04. The van der Waals surface area contributed by atoms with Crippen LogP contribution in [-0.2, 0) is 0 Å². The Morgan fingerprint density at radius 3 is 2.67 bits per heavy atom. The Morgan fingerprint density at radius 1 is 1.05 bits per heavy atom. The molecular formula is C16H14N4O. The van der Waals surface area contributed by atoms with Gasteiger partial charge in [0.1, 0.15) is 0 Å². The van der Waals surface area contributed by atoms with Crippen LogP contribution in [0, 0.1) is 0 Å². The molecule has 1 heterocycles. The molecule has 1 aromatic heterocycles. The van der Waals surface area contributed by atoms with E-state index in [0.717, 1.165) is 22.2 Å². The minimum absolute atomic E-state index is 0.378. The maximum Gasteiger partial charge on any atom is 0.339 e. The maximum atomic E-state index is 11.7. The quantitative estimate of drug-likeness (QED) is 0.499. The summed E-state index contributed by atoms with van der Waals surface area (Å²) in [4.78, 5) is 14.8. The third kappa shape index (κ3) is 3.09. The van der Waals surface area contributed by atoms with Gasteiger partial charge in [-0.25, -0.2) is 10.2 Å². The van der Waals surface area contributed by atoms with Crippen molar-refractivity contribution in [3.05, 3.63) is 66.4 Å². The van der Waals surface area contributed by atoms with Gasteiger partial charge < -0.3 is 10.3 Å². The van der Waals surface area contributed by atoms with Crippen molar-refractivity contribution in [3.8, 4) is 0 Å². The summed E-state index contributed by atoms with van der Waals surface area (Å²) in [6, 6.07) is 16.7. The molecule has 0 saturated carbocycles. The van der Waals surface area contributed by atoms with Gasteiger partial charge in [-0.15, -0.1) is 0 Å². The zero-order valence-electron chi connectivity index (χ0n) is 11.2. The summed E-state index contributed by atoms with van der Waals surface area (Å²) in [6.07, 6.45) is 3.47. The van der Waals surface area contributed by atoms with E-state index >= 15 is 0 Å². The second kappa shape index (κ2) is 5.92. The number of aromatic amines is 1. The van der Waals surface area contributed by atoms with Crippen LogP contribution in [0.3, 0.4) is 0 Å². The molecule has 0 unspecified atom stereocenters. The Morgan fingerprint density at radius 2 is 1.81 bits per heavy atom. The Labute approximate surface area is 121 Å². The second-order valence-corrected chi connectivity index (χ2v) is 4.48. The number of hydrogen-bond acceptors (Lipinski definition) is 2. The van der Waals surface area contributed by atoms with Crippen LogP contribution in [-0.4, -0.2) is 17.2 Å². The van der Waals surface area contributed by atoms with E-state index in [-0.39, 0.29) is 6.03 Å². The van der Waals surface area contributed by atoms with Crippen molar-refractivity contribution in [3.63, 3.8) is 0 Å². The maximum absolute atomic E-state index is 11.7. The Bertz CT molecular complexity index is 777. The van der Waals surface area contributed by atoms with E-state index in [1.54, 1.807) is 6.21 Å². The molecule has 0 aliphatic heterocycles. The largest absolute Gasteiger partial charge is 0.361 e.